The van der Waals surface area contributed by atoms with Crippen LogP contribution < -0.4 is 4.74 Å². The summed E-state index contributed by atoms with van der Waals surface area (Å²) in [5, 5.41) is 8.17. The molecular formula is C16H19FN4O3S. The maximum Gasteiger partial charge on any atom is 0.246 e. The lowest BCUT2D eigenvalue weighted by atomic mass is 10.2. The standard InChI is InChI=1S/C16H19FN4O3S/c1-24-14-5-4-12(17)8-15(14)25(22,23)20-7-6-13(9-20)21-10-18-19-16(21)11-2-3-11/h4-5,8,10-11,13H,2-3,6-7,9H2,1H3. The normalized spacial score (nSPS) is 21.6. The number of halogens is 1. The van der Waals surface area contributed by atoms with Gasteiger partial charge in [0.15, 0.2) is 0 Å². The highest BCUT2D eigenvalue weighted by Crippen LogP contribution is 2.41. The molecule has 1 aliphatic carbocycles. The van der Waals surface area contributed by atoms with E-state index in [0.717, 1.165) is 24.7 Å². The molecule has 0 radical (unpaired) electrons. The fraction of sp³-hybridized carbons (Fsp3) is 0.500. The van der Waals surface area contributed by atoms with Crippen molar-refractivity contribution in [1.82, 2.24) is 19.1 Å². The molecule has 0 bridgehead atoms. The molecule has 1 aromatic heterocycles. The minimum Gasteiger partial charge on any atom is -0.495 e. The molecule has 7 nitrogen and oxygen atoms in total. The van der Waals surface area contributed by atoms with Gasteiger partial charge in [0.1, 0.15) is 28.6 Å². The highest BCUT2D eigenvalue weighted by molar-refractivity contribution is 7.89. The highest BCUT2D eigenvalue weighted by atomic mass is 32.2. The average molecular weight is 366 g/mol. The Labute approximate surface area is 145 Å². The van der Waals surface area contributed by atoms with Gasteiger partial charge < -0.3 is 9.30 Å². The van der Waals surface area contributed by atoms with Crippen molar-refractivity contribution in [3.63, 3.8) is 0 Å². The quantitative estimate of drug-likeness (QED) is 0.808. The molecule has 1 unspecified atom stereocenters. The molecule has 2 fully saturated rings. The van der Waals surface area contributed by atoms with Gasteiger partial charge in [-0.3, -0.25) is 0 Å². The molecule has 25 heavy (non-hydrogen) atoms. The Morgan fingerprint density at radius 2 is 2.08 bits per heavy atom. The average Bonchev–Trinajstić information content (AvgIpc) is 3.12. The number of sulfonamides is 1. The van der Waals surface area contributed by atoms with Crippen LogP contribution >= 0.6 is 0 Å². The number of methoxy groups -OCH3 is 1. The Kier molecular flexibility index (Phi) is 3.99. The lowest BCUT2D eigenvalue weighted by Crippen LogP contribution is -2.30. The van der Waals surface area contributed by atoms with E-state index < -0.39 is 15.8 Å². The molecule has 1 aliphatic heterocycles. The van der Waals surface area contributed by atoms with Gasteiger partial charge in [0, 0.05) is 19.0 Å². The smallest absolute Gasteiger partial charge is 0.246 e. The molecule has 2 heterocycles. The van der Waals surface area contributed by atoms with Crippen molar-refractivity contribution in [3.8, 4) is 5.75 Å². The van der Waals surface area contributed by atoms with Crippen LogP contribution in [0.3, 0.4) is 0 Å². The van der Waals surface area contributed by atoms with E-state index in [1.165, 1.54) is 23.5 Å². The van der Waals surface area contributed by atoms with Crippen LogP contribution in [-0.4, -0.2) is 47.7 Å². The van der Waals surface area contributed by atoms with Crippen molar-refractivity contribution in [2.45, 2.75) is 36.1 Å². The summed E-state index contributed by atoms with van der Waals surface area (Å²) in [4.78, 5) is -0.137. The topological polar surface area (TPSA) is 77.3 Å². The number of benzene rings is 1. The molecule has 0 amide bonds. The van der Waals surface area contributed by atoms with Crippen molar-refractivity contribution < 1.29 is 17.5 Å². The molecule has 0 N–H and O–H groups in total. The Bertz CT molecular complexity index is 895. The number of rotatable bonds is 5. The van der Waals surface area contributed by atoms with E-state index in [2.05, 4.69) is 10.2 Å². The number of ether oxygens (including phenoxy) is 1. The molecule has 2 aliphatic rings. The van der Waals surface area contributed by atoms with Gasteiger partial charge in [0.2, 0.25) is 10.0 Å². The third-order valence-electron chi connectivity index (χ3n) is 4.81. The van der Waals surface area contributed by atoms with Gasteiger partial charge in [-0.2, -0.15) is 4.31 Å². The first kappa shape index (κ1) is 16.5. The third-order valence-corrected chi connectivity index (χ3v) is 6.69. The van der Waals surface area contributed by atoms with Crippen LogP contribution in [0.25, 0.3) is 0 Å². The summed E-state index contributed by atoms with van der Waals surface area (Å²) in [6.45, 7) is 0.689. The summed E-state index contributed by atoms with van der Waals surface area (Å²) in [5.41, 5.74) is 0. The molecule has 1 aromatic carbocycles. The van der Waals surface area contributed by atoms with Gasteiger partial charge in [-0.05, 0) is 37.5 Å². The van der Waals surface area contributed by atoms with Crippen molar-refractivity contribution in [3.05, 3.63) is 36.2 Å². The van der Waals surface area contributed by atoms with Gasteiger partial charge in [-0.15, -0.1) is 10.2 Å². The Hall–Kier alpha value is -2.00. The molecular weight excluding hydrogens is 347 g/mol. The predicted molar refractivity (Wildman–Crippen MR) is 87.4 cm³/mol. The first-order valence-corrected chi connectivity index (χ1v) is 9.68. The van der Waals surface area contributed by atoms with Crippen LogP contribution in [0.2, 0.25) is 0 Å². The van der Waals surface area contributed by atoms with Crippen molar-refractivity contribution in [2.24, 2.45) is 0 Å². The SMILES string of the molecule is COc1ccc(F)cc1S(=O)(=O)N1CCC(n2cnnc2C2CC2)C1. The van der Waals surface area contributed by atoms with E-state index >= 15 is 0 Å². The van der Waals surface area contributed by atoms with Gasteiger partial charge in [-0.1, -0.05) is 0 Å². The van der Waals surface area contributed by atoms with Gasteiger partial charge in [0.25, 0.3) is 0 Å². The van der Waals surface area contributed by atoms with Crippen LogP contribution in [-0.2, 0) is 10.0 Å². The fourth-order valence-corrected chi connectivity index (χ4v) is 4.97. The van der Waals surface area contributed by atoms with Gasteiger partial charge in [-0.25, -0.2) is 12.8 Å². The van der Waals surface area contributed by atoms with Gasteiger partial charge in [0.05, 0.1) is 13.2 Å². The second kappa shape index (κ2) is 6.06. The predicted octanol–water partition coefficient (Wildman–Crippen LogP) is 1.94. The molecule has 9 heteroatoms. The van der Waals surface area contributed by atoms with Crippen LogP contribution in [0.15, 0.2) is 29.4 Å². The monoisotopic (exact) mass is 366 g/mol. The first-order chi connectivity index (χ1) is 12.0. The zero-order valence-corrected chi connectivity index (χ0v) is 14.6. The second-order valence-corrected chi connectivity index (χ2v) is 8.38. The van der Waals surface area contributed by atoms with E-state index in [1.807, 2.05) is 4.57 Å². The number of hydrogen-bond acceptors (Lipinski definition) is 5. The lowest BCUT2D eigenvalue weighted by molar-refractivity contribution is 0.395. The van der Waals surface area contributed by atoms with E-state index in [9.17, 15) is 12.8 Å². The fourth-order valence-electron chi connectivity index (χ4n) is 3.31. The number of nitrogens with zero attached hydrogens (tertiary/aromatic N) is 4. The van der Waals surface area contributed by atoms with E-state index in [0.29, 0.717) is 25.4 Å². The summed E-state index contributed by atoms with van der Waals surface area (Å²) < 4.78 is 48.0. The lowest BCUT2D eigenvalue weighted by Gasteiger charge is -2.19. The zero-order chi connectivity index (χ0) is 17.6. The van der Waals surface area contributed by atoms with Crippen LogP contribution in [0, 0.1) is 5.82 Å². The summed E-state index contributed by atoms with van der Waals surface area (Å²) in [6.07, 6.45) is 4.56. The summed E-state index contributed by atoms with van der Waals surface area (Å²) in [6, 6.07) is 3.53. The zero-order valence-electron chi connectivity index (χ0n) is 13.8. The minimum absolute atomic E-state index is 0.0000657. The maximum atomic E-state index is 13.6. The molecule has 4 rings (SSSR count). The van der Waals surface area contributed by atoms with Gasteiger partial charge >= 0.3 is 0 Å². The maximum absolute atomic E-state index is 13.6. The van der Waals surface area contributed by atoms with E-state index in [4.69, 9.17) is 4.74 Å². The van der Waals surface area contributed by atoms with Crippen LogP contribution in [0.1, 0.15) is 37.0 Å². The Morgan fingerprint density at radius 3 is 2.80 bits per heavy atom. The largest absolute Gasteiger partial charge is 0.495 e. The minimum atomic E-state index is -3.83. The molecule has 1 saturated carbocycles. The number of aromatic nitrogens is 3. The molecule has 1 atom stereocenters. The molecule has 1 saturated heterocycles. The first-order valence-electron chi connectivity index (χ1n) is 8.24. The van der Waals surface area contributed by atoms with E-state index in [1.54, 1.807) is 6.33 Å². The third kappa shape index (κ3) is 2.91. The van der Waals surface area contributed by atoms with Crippen LogP contribution in [0.5, 0.6) is 5.75 Å². The number of hydrogen-bond donors (Lipinski definition) is 0. The Morgan fingerprint density at radius 1 is 1.28 bits per heavy atom. The summed E-state index contributed by atoms with van der Waals surface area (Å²) in [5.74, 6) is 0.918. The summed E-state index contributed by atoms with van der Waals surface area (Å²) in [7, 11) is -2.46. The second-order valence-electron chi connectivity index (χ2n) is 6.47. The van der Waals surface area contributed by atoms with Crippen LogP contribution in [0.4, 0.5) is 4.39 Å². The molecule has 134 valence electrons. The van der Waals surface area contributed by atoms with Crippen molar-refractivity contribution in [1.29, 1.82) is 0 Å². The van der Waals surface area contributed by atoms with Crippen molar-refractivity contribution >= 4 is 10.0 Å². The Balaban J connectivity index is 1.60. The molecule has 0 spiro atoms. The van der Waals surface area contributed by atoms with Crippen molar-refractivity contribution in [2.75, 3.05) is 20.2 Å². The molecule has 2 aromatic rings. The highest BCUT2D eigenvalue weighted by Gasteiger charge is 2.38. The van der Waals surface area contributed by atoms with E-state index in [-0.39, 0.29) is 16.7 Å². The summed E-state index contributed by atoms with van der Waals surface area (Å²) >= 11 is 0.